The second kappa shape index (κ2) is 3.86. The summed E-state index contributed by atoms with van der Waals surface area (Å²) in [7, 11) is 0. The molecule has 13 heavy (non-hydrogen) atoms. The monoisotopic (exact) mass is 214 g/mol. The quantitative estimate of drug-likeness (QED) is 0.812. The molecule has 0 aromatic carbocycles. The van der Waals surface area contributed by atoms with Gasteiger partial charge in [0.25, 0.3) is 0 Å². The Morgan fingerprint density at radius 3 is 3.00 bits per heavy atom. The van der Waals surface area contributed by atoms with Crippen LogP contribution >= 0.6 is 23.3 Å². The molecule has 1 N–H and O–H groups in total. The number of nitrogens with zero attached hydrogens (tertiary/aromatic N) is 4. The molecule has 0 saturated carbocycles. The number of aliphatic hydroxyl groups excluding tert-OH is 1. The van der Waals surface area contributed by atoms with Crippen molar-refractivity contribution in [2.75, 3.05) is 0 Å². The van der Waals surface area contributed by atoms with Crippen molar-refractivity contribution in [1.29, 1.82) is 0 Å². The van der Waals surface area contributed by atoms with Crippen LogP contribution in [0.5, 0.6) is 0 Å². The Bertz CT molecular complexity index is 347. The third-order valence-electron chi connectivity index (χ3n) is 1.52. The molecule has 0 radical (unpaired) electrons. The van der Waals surface area contributed by atoms with Crippen molar-refractivity contribution in [1.82, 2.24) is 18.3 Å². The first-order valence-electron chi connectivity index (χ1n) is 3.58. The highest BCUT2D eigenvalue weighted by atomic mass is 32.1. The summed E-state index contributed by atoms with van der Waals surface area (Å²) in [4.78, 5) is 0.757. The molecule has 0 fully saturated rings. The molecule has 68 valence electrons. The average Bonchev–Trinajstić information content (AvgIpc) is 2.74. The lowest BCUT2D eigenvalue weighted by Crippen LogP contribution is -1.99. The molecule has 2 heterocycles. The van der Waals surface area contributed by atoms with E-state index < -0.39 is 6.10 Å². The van der Waals surface area contributed by atoms with Gasteiger partial charge in [-0.15, -0.1) is 5.10 Å². The summed E-state index contributed by atoms with van der Waals surface area (Å²) in [5.74, 6) is 0. The first-order chi connectivity index (χ1) is 6.36. The van der Waals surface area contributed by atoms with Crippen LogP contribution in [0.3, 0.4) is 0 Å². The number of aromatic nitrogens is 4. The van der Waals surface area contributed by atoms with E-state index in [9.17, 15) is 5.11 Å². The van der Waals surface area contributed by atoms with Crippen molar-refractivity contribution in [3.8, 4) is 0 Å². The van der Waals surface area contributed by atoms with Crippen molar-refractivity contribution in [3.63, 3.8) is 0 Å². The number of hydrogen-bond acceptors (Lipinski definition) is 7. The molecule has 0 saturated heterocycles. The molecule has 0 bridgehead atoms. The van der Waals surface area contributed by atoms with Crippen molar-refractivity contribution in [2.45, 2.75) is 12.5 Å². The van der Waals surface area contributed by atoms with E-state index in [2.05, 4.69) is 18.3 Å². The van der Waals surface area contributed by atoms with Crippen LogP contribution in [0.1, 0.15) is 16.7 Å². The van der Waals surface area contributed by atoms with E-state index in [0.717, 1.165) is 22.3 Å². The Hall–Kier alpha value is -0.920. The van der Waals surface area contributed by atoms with Gasteiger partial charge in [0.2, 0.25) is 0 Å². The summed E-state index contributed by atoms with van der Waals surface area (Å²) in [5.41, 5.74) is 0.797. The lowest BCUT2D eigenvalue weighted by molar-refractivity contribution is 0.181. The topological polar surface area (TPSA) is 71.8 Å². The summed E-state index contributed by atoms with van der Waals surface area (Å²) in [6, 6.07) is 0. The number of hydrogen-bond donors (Lipinski definition) is 1. The fourth-order valence-corrected chi connectivity index (χ4v) is 1.82. The molecule has 0 amide bonds. The molecule has 7 heteroatoms. The number of aliphatic hydroxyl groups is 1. The molecule has 0 aliphatic rings. The van der Waals surface area contributed by atoms with Crippen molar-refractivity contribution in [3.05, 3.63) is 23.0 Å². The third-order valence-corrected chi connectivity index (χ3v) is 2.80. The van der Waals surface area contributed by atoms with Gasteiger partial charge in [0, 0.05) is 6.42 Å². The van der Waals surface area contributed by atoms with Crippen LogP contribution in [0.15, 0.2) is 12.4 Å². The van der Waals surface area contributed by atoms with E-state index in [0.29, 0.717) is 6.42 Å². The van der Waals surface area contributed by atoms with Gasteiger partial charge in [0.05, 0.1) is 40.8 Å². The smallest absolute Gasteiger partial charge is 0.0970 e. The van der Waals surface area contributed by atoms with E-state index in [1.54, 1.807) is 12.4 Å². The first-order valence-corrected chi connectivity index (χ1v) is 5.08. The first kappa shape index (κ1) is 8.67. The standard InChI is InChI=1S/C6H6N4OS2/c11-5(6-3-7-10-12-6)1-4-2-8-13-9-4/h2-3,5,11H,1H2. The van der Waals surface area contributed by atoms with Crippen molar-refractivity contribution >= 4 is 23.3 Å². The molecule has 2 aromatic rings. The lowest BCUT2D eigenvalue weighted by Gasteiger charge is -2.02. The van der Waals surface area contributed by atoms with Crippen LogP contribution < -0.4 is 0 Å². The van der Waals surface area contributed by atoms with Crippen LogP contribution in [-0.2, 0) is 6.42 Å². The maximum absolute atomic E-state index is 9.65. The third kappa shape index (κ3) is 2.06. The van der Waals surface area contributed by atoms with E-state index >= 15 is 0 Å². The molecule has 1 atom stereocenters. The van der Waals surface area contributed by atoms with Gasteiger partial charge < -0.3 is 5.11 Å². The Kier molecular flexibility index (Phi) is 2.57. The second-order valence-corrected chi connectivity index (χ2v) is 3.81. The van der Waals surface area contributed by atoms with Crippen molar-refractivity contribution in [2.24, 2.45) is 0 Å². The maximum Gasteiger partial charge on any atom is 0.0970 e. The molecule has 2 aromatic heterocycles. The van der Waals surface area contributed by atoms with Gasteiger partial charge >= 0.3 is 0 Å². The van der Waals surface area contributed by atoms with Gasteiger partial charge in [-0.25, -0.2) is 0 Å². The molecule has 0 aliphatic carbocycles. The van der Waals surface area contributed by atoms with Gasteiger partial charge in [0.15, 0.2) is 0 Å². The van der Waals surface area contributed by atoms with E-state index in [4.69, 9.17) is 0 Å². The molecule has 1 unspecified atom stereocenters. The maximum atomic E-state index is 9.65. The lowest BCUT2D eigenvalue weighted by atomic mass is 10.2. The highest BCUT2D eigenvalue weighted by Crippen LogP contribution is 2.18. The largest absolute Gasteiger partial charge is 0.387 e. The van der Waals surface area contributed by atoms with E-state index in [1.807, 2.05) is 0 Å². The summed E-state index contributed by atoms with van der Waals surface area (Å²) < 4.78 is 11.5. The van der Waals surface area contributed by atoms with Crippen LogP contribution in [0, 0.1) is 0 Å². The van der Waals surface area contributed by atoms with Gasteiger partial charge in [-0.05, 0) is 11.5 Å². The van der Waals surface area contributed by atoms with Gasteiger partial charge in [-0.2, -0.15) is 8.75 Å². The van der Waals surface area contributed by atoms with Crippen molar-refractivity contribution < 1.29 is 5.11 Å². The predicted octanol–water partition coefficient (Wildman–Crippen LogP) is 0.666. The molecule has 2 rings (SSSR count). The van der Waals surface area contributed by atoms with Crippen LogP contribution in [0.25, 0.3) is 0 Å². The Balaban J connectivity index is 2.04. The van der Waals surface area contributed by atoms with E-state index in [1.165, 1.54) is 11.5 Å². The molecule has 0 aliphatic heterocycles. The fraction of sp³-hybridized carbons (Fsp3) is 0.333. The highest BCUT2D eigenvalue weighted by molar-refractivity contribution is 7.05. The van der Waals surface area contributed by atoms with Gasteiger partial charge in [0.1, 0.15) is 0 Å². The zero-order valence-electron chi connectivity index (χ0n) is 6.49. The molecular weight excluding hydrogens is 208 g/mol. The van der Waals surface area contributed by atoms with Gasteiger partial charge in [-0.3, -0.25) is 0 Å². The summed E-state index contributed by atoms with van der Waals surface area (Å²) in [6.07, 6.45) is 3.13. The predicted molar refractivity (Wildman–Crippen MR) is 48.5 cm³/mol. The minimum Gasteiger partial charge on any atom is -0.387 e. The Morgan fingerprint density at radius 1 is 1.46 bits per heavy atom. The SMILES string of the molecule is OC(Cc1cnsn1)c1cnns1. The minimum atomic E-state index is -0.566. The highest BCUT2D eigenvalue weighted by Gasteiger charge is 2.12. The average molecular weight is 214 g/mol. The zero-order chi connectivity index (χ0) is 9.10. The van der Waals surface area contributed by atoms with Gasteiger partial charge in [-0.1, -0.05) is 4.49 Å². The van der Waals surface area contributed by atoms with Crippen LogP contribution in [0.4, 0.5) is 0 Å². The molecule has 0 spiro atoms. The molecular formula is C6H6N4OS2. The van der Waals surface area contributed by atoms with E-state index in [-0.39, 0.29) is 0 Å². The fourth-order valence-electron chi connectivity index (χ4n) is 0.894. The zero-order valence-corrected chi connectivity index (χ0v) is 8.12. The Morgan fingerprint density at radius 2 is 2.38 bits per heavy atom. The Labute approximate surface area is 82.6 Å². The van der Waals surface area contributed by atoms with Crippen LogP contribution in [-0.4, -0.2) is 23.4 Å². The second-order valence-electron chi connectivity index (χ2n) is 2.44. The summed E-state index contributed by atoms with van der Waals surface area (Å²) in [6.45, 7) is 0. The van der Waals surface area contributed by atoms with Crippen LogP contribution in [0.2, 0.25) is 0 Å². The normalized spacial score (nSPS) is 13.0. The summed E-state index contributed by atoms with van der Waals surface area (Å²) >= 11 is 2.34. The number of rotatable bonds is 3. The summed E-state index contributed by atoms with van der Waals surface area (Å²) in [5, 5.41) is 13.3. The molecule has 5 nitrogen and oxygen atoms in total. The minimum absolute atomic E-state index is 0.473.